The van der Waals surface area contributed by atoms with Crippen LogP contribution in [0.25, 0.3) is 0 Å². The van der Waals surface area contributed by atoms with Gasteiger partial charge in [0.2, 0.25) is 11.7 Å². The van der Waals surface area contributed by atoms with Crippen LogP contribution in [-0.4, -0.2) is 76.3 Å². The number of hydrogen-bond donors (Lipinski definition) is 7. The van der Waals surface area contributed by atoms with Crippen molar-refractivity contribution in [1.82, 2.24) is 5.32 Å². The smallest absolute Gasteiger partial charge is 0.405 e. The number of carbonyl (C=O) groups excluding carboxylic acids is 2. The normalized spacial score (nSPS) is 24.3. The molecule has 0 aromatic heterocycles. The number of rotatable bonds is 7. The summed E-state index contributed by atoms with van der Waals surface area (Å²) in [7, 11) is 0. The Hall–Kier alpha value is -3.06. The molecule has 1 heterocycles. The van der Waals surface area contributed by atoms with Gasteiger partial charge in [-0.1, -0.05) is 0 Å². The number of hydrogen-bond acceptors (Lipinski definition) is 8. The maximum absolute atomic E-state index is 11.5. The number of guanidine groups is 1. The first kappa shape index (κ1) is 21.0. The molecule has 10 N–H and O–H groups in total. The first-order valence-corrected chi connectivity index (χ1v) is 7.29. The molecule has 0 radical (unpaired) electrons. The van der Waals surface area contributed by atoms with Crippen molar-refractivity contribution in [2.75, 3.05) is 6.61 Å². The highest BCUT2D eigenvalue weighted by atomic mass is 16.6. The highest BCUT2D eigenvalue weighted by Gasteiger charge is 2.46. The molecule has 1 rings (SSSR count). The van der Waals surface area contributed by atoms with Gasteiger partial charge in [0.25, 0.3) is 0 Å². The Bertz CT molecular complexity index is 618. The van der Waals surface area contributed by atoms with Gasteiger partial charge in [0.05, 0.1) is 18.7 Å². The van der Waals surface area contributed by atoms with Gasteiger partial charge in [0.1, 0.15) is 6.10 Å². The lowest BCUT2D eigenvalue weighted by Crippen LogP contribution is -2.61. The monoisotopic (exact) mass is 375 g/mol. The summed E-state index contributed by atoms with van der Waals surface area (Å²) < 4.78 is 10.0. The summed E-state index contributed by atoms with van der Waals surface area (Å²) in [6, 6.07) is -2.28. The molecule has 26 heavy (non-hydrogen) atoms. The number of aliphatic hydroxyl groups excluding tert-OH is 2. The molecule has 146 valence electrons. The summed E-state index contributed by atoms with van der Waals surface area (Å²) >= 11 is 0. The second-order valence-corrected chi connectivity index (χ2v) is 5.34. The lowest BCUT2D eigenvalue weighted by Gasteiger charge is -2.39. The number of aliphatic imine (C=N–C) groups is 1. The lowest BCUT2D eigenvalue weighted by atomic mass is 9.92. The van der Waals surface area contributed by atoms with Crippen LogP contribution in [0.3, 0.4) is 0 Å². The molecule has 0 saturated carbocycles. The molecule has 0 bridgehead atoms. The number of carboxylic acid groups (broad SMARTS) is 1. The highest BCUT2D eigenvalue weighted by molar-refractivity contribution is 5.85. The summed E-state index contributed by atoms with van der Waals surface area (Å²) in [5, 5.41) is 30.8. The summed E-state index contributed by atoms with van der Waals surface area (Å²) in [6.45, 7) is 0.288. The summed E-state index contributed by atoms with van der Waals surface area (Å²) in [5.74, 6) is -3.09. The van der Waals surface area contributed by atoms with Crippen molar-refractivity contribution in [3.05, 3.63) is 11.8 Å². The van der Waals surface area contributed by atoms with Crippen LogP contribution >= 0.6 is 0 Å². The number of carbonyl (C=O) groups is 3. The minimum absolute atomic E-state index is 0.415. The van der Waals surface area contributed by atoms with Gasteiger partial charge in [-0.05, 0) is 6.08 Å². The number of ether oxygens (including phenoxy) is 2. The summed E-state index contributed by atoms with van der Waals surface area (Å²) in [4.78, 5) is 37.8. The van der Waals surface area contributed by atoms with Gasteiger partial charge in [-0.2, -0.15) is 0 Å². The van der Waals surface area contributed by atoms with Gasteiger partial charge in [-0.3, -0.25) is 4.79 Å². The summed E-state index contributed by atoms with van der Waals surface area (Å²) in [5.41, 5.74) is 15.6. The van der Waals surface area contributed by atoms with E-state index in [0.717, 1.165) is 13.0 Å². The Morgan fingerprint density at radius 1 is 1.38 bits per heavy atom. The van der Waals surface area contributed by atoms with Crippen molar-refractivity contribution < 1.29 is 39.2 Å². The van der Waals surface area contributed by atoms with E-state index < -0.39 is 66.7 Å². The van der Waals surface area contributed by atoms with Crippen molar-refractivity contribution >= 4 is 23.9 Å². The van der Waals surface area contributed by atoms with E-state index in [1.807, 2.05) is 0 Å². The quantitative estimate of drug-likeness (QED) is 0.170. The maximum Gasteiger partial charge on any atom is 0.405 e. The minimum atomic E-state index is -1.70. The Labute approximate surface area is 147 Å². The fourth-order valence-electron chi connectivity index (χ4n) is 2.40. The van der Waals surface area contributed by atoms with E-state index in [1.165, 1.54) is 0 Å². The molecule has 0 aromatic carbocycles. The SMILES string of the molecule is CC(=O)NC1C(N=C(N)N)C=C(C(=O)O)OC1[C@H](OC(N)=O)[C@H](O)CO. The number of aliphatic carboxylic acids is 1. The summed E-state index contributed by atoms with van der Waals surface area (Å²) in [6.07, 6.45) is -5.09. The van der Waals surface area contributed by atoms with Gasteiger partial charge in [0.15, 0.2) is 18.2 Å². The van der Waals surface area contributed by atoms with Gasteiger partial charge in [-0.25, -0.2) is 14.6 Å². The number of nitrogens with zero attached hydrogens (tertiary/aromatic N) is 1. The Morgan fingerprint density at radius 3 is 2.42 bits per heavy atom. The molecule has 1 aliphatic heterocycles. The standard InChI is InChI=1S/C13H21N5O8/c1-4(20)17-8-5(18-12(14)15)2-7(11(22)23)25-10(8)9(6(21)3-19)26-13(16)24/h2,5-6,8-10,19,21H,3H2,1H3,(H2,16,24)(H,17,20)(H,22,23)(H4,14,15,18)/t5?,6-,8?,9-,10?/m1/s1. The van der Waals surface area contributed by atoms with Crippen LogP contribution in [-0.2, 0) is 19.1 Å². The highest BCUT2D eigenvalue weighted by Crippen LogP contribution is 2.26. The van der Waals surface area contributed by atoms with Crippen LogP contribution in [0.5, 0.6) is 0 Å². The zero-order valence-electron chi connectivity index (χ0n) is 13.7. The number of primary amides is 1. The third-order valence-electron chi connectivity index (χ3n) is 3.33. The zero-order chi connectivity index (χ0) is 20.0. The molecule has 0 fully saturated rings. The number of nitrogens with two attached hydrogens (primary N) is 3. The molecule has 0 saturated heterocycles. The molecule has 2 amide bonds. The molecule has 0 spiro atoms. The third-order valence-corrected chi connectivity index (χ3v) is 3.33. The second-order valence-electron chi connectivity index (χ2n) is 5.34. The molecule has 5 atom stereocenters. The van der Waals surface area contributed by atoms with E-state index in [-0.39, 0.29) is 0 Å². The van der Waals surface area contributed by atoms with E-state index in [9.17, 15) is 29.7 Å². The molecular formula is C13H21N5O8. The van der Waals surface area contributed by atoms with Gasteiger partial charge < -0.3 is 47.3 Å². The largest absolute Gasteiger partial charge is 0.477 e. The number of carboxylic acids is 1. The van der Waals surface area contributed by atoms with Gasteiger partial charge in [0, 0.05) is 6.92 Å². The van der Waals surface area contributed by atoms with Crippen molar-refractivity contribution in [2.24, 2.45) is 22.2 Å². The van der Waals surface area contributed by atoms with Crippen molar-refractivity contribution in [1.29, 1.82) is 0 Å². The van der Waals surface area contributed by atoms with Crippen LogP contribution in [0.15, 0.2) is 16.8 Å². The number of amides is 2. The van der Waals surface area contributed by atoms with Crippen molar-refractivity contribution in [2.45, 2.75) is 37.3 Å². The molecule has 3 unspecified atom stereocenters. The van der Waals surface area contributed by atoms with E-state index in [2.05, 4.69) is 10.3 Å². The molecule has 13 nitrogen and oxygen atoms in total. The average Bonchev–Trinajstić information content (AvgIpc) is 2.52. The average molecular weight is 375 g/mol. The Kier molecular flexibility index (Phi) is 7.16. The van der Waals surface area contributed by atoms with E-state index in [1.54, 1.807) is 0 Å². The van der Waals surface area contributed by atoms with Crippen LogP contribution in [0.4, 0.5) is 4.79 Å². The predicted octanol–water partition coefficient (Wildman–Crippen LogP) is -3.68. The maximum atomic E-state index is 11.5. The lowest BCUT2D eigenvalue weighted by molar-refractivity contribution is -0.145. The van der Waals surface area contributed by atoms with Crippen LogP contribution in [0, 0.1) is 0 Å². The molecule has 1 aliphatic rings. The topological polar surface area (TPSA) is 233 Å². The van der Waals surface area contributed by atoms with Crippen LogP contribution < -0.4 is 22.5 Å². The third kappa shape index (κ3) is 5.49. The minimum Gasteiger partial charge on any atom is -0.477 e. The number of aliphatic hydroxyl groups is 2. The molecular weight excluding hydrogens is 354 g/mol. The van der Waals surface area contributed by atoms with Crippen LogP contribution in [0.1, 0.15) is 6.92 Å². The van der Waals surface area contributed by atoms with Crippen molar-refractivity contribution in [3.63, 3.8) is 0 Å². The Morgan fingerprint density at radius 2 is 2.00 bits per heavy atom. The Balaban J connectivity index is 3.43. The molecule has 13 heteroatoms. The first-order chi connectivity index (χ1) is 12.1. The van der Waals surface area contributed by atoms with Crippen LogP contribution in [0.2, 0.25) is 0 Å². The first-order valence-electron chi connectivity index (χ1n) is 7.29. The second kappa shape index (κ2) is 8.87. The molecule has 0 aromatic rings. The van der Waals surface area contributed by atoms with Crippen molar-refractivity contribution in [3.8, 4) is 0 Å². The zero-order valence-corrected chi connectivity index (χ0v) is 13.7. The predicted molar refractivity (Wildman–Crippen MR) is 85.3 cm³/mol. The fourth-order valence-corrected chi connectivity index (χ4v) is 2.40. The van der Waals surface area contributed by atoms with Gasteiger partial charge >= 0.3 is 12.1 Å². The van der Waals surface area contributed by atoms with E-state index in [0.29, 0.717) is 0 Å². The van der Waals surface area contributed by atoms with E-state index >= 15 is 0 Å². The van der Waals surface area contributed by atoms with E-state index in [4.69, 9.17) is 26.7 Å². The fraction of sp³-hybridized carbons (Fsp3) is 0.538. The number of nitrogens with one attached hydrogen (secondary N) is 1. The van der Waals surface area contributed by atoms with Gasteiger partial charge in [-0.15, -0.1) is 0 Å². The molecule has 0 aliphatic carbocycles.